The summed E-state index contributed by atoms with van der Waals surface area (Å²) in [4.78, 5) is 0. The van der Waals surface area contributed by atoms with Crippen LogP contribution >= 0.6 is 0 Å². The molecular weight excluding hydrogens is 266 g/mol. The summed E-state index contributed by atoms with van der Waals surface area (Å²) in [6.07, 6.45) is -2.02. The fraction of sp³-hybridized carbons (Fsp3) is 0.182. The zero-order valence-electron chi connectivity index (χ0n) is 9.49. The van der Waals surface area contributed by atoms with Crippen LogP contribution in [0.4, 0.5) is 23.2 Å². The van der Waals surface area contributed by atoms with Crippen molar-refractivity contribution in [2.24, 2.45) is 0 Å². The molecule has 0 atom stereocenters. The Balaban J connectivity index is 2.22. The third-order valence-electron chi connectivity index (χ3n) is 2.24. The molecule has 1 aromatic carbocycles. The van der Waals surface area contributed by atoms with Crippen molar-refractivity contribution in [2.45, 2.75) is 12.9 Å². The van der Waals surface area contributed by atoms with Gasteiger partial charge >= 0.3 is 6.36 Å². The molecule has 2 N–H and O–H groups in total. The molecule has 0 fully saturated rings. The Hall–Kier alpha value is -2.25. The van der Waals surface area contributed by atoms with Crippen molar-refractivity contribution in [1.82, 2.24) is 9.78 Å². The van der Waals surface area contributed by atoms with Gasteiger partial charge in [-0.2, -0.15) is 5.10 Å². The molecule has 1 heterocycles. The summed E-state index contributed by atoms with van der Waals surface area (Å²) in [7, 11) is 0. The first kappa shape index (κ1) is 13.2. The quantitative estimate of drug-likeness (QED) is 0.876. The molecule has 0 radical (unpaired) electrons. The van der Waals surface area contributed by atoms with Gasteiger partial charge in [0.25, 0.3) is 0 Å². The van der Waals surface area contributed by atoms with Crippen LogP contribution in [-0.2, 0) is 6.54 Å². The van der Waals surface area contributed by atoms with E-state index >= 15 is 0 Å². The average Bonchev–Trinajstić information content (AvgIpc) is 2.67. The van der Waals surface area contributed by atoms with E-state index in [1.807, 2.05) is 0 Å². The number of rotatable bonds is 3. The first-order valence-electron chi connectivity index (χ1n) is 5.15. The predicted molar refractivity (Wildman–Crippen MR) is 58.8 cm³/mol. The average molecular weight is 275 g/mol. The first-order valence-corrected chi connectivity index (χ1v) is 5.15. The number of hydrogen-bond donors (Lipinski definition) is 1. The molecule has 0 bridgehead atoms. The van der Waals surface area contributed by atoms with E-state index in [-0.39, 0.29) is 12.1 Å². The lowest BCUT2D eigenvalue weighted by atomic mass is 10.2. The van der Waals surface area contributed by atoms with Gasteiger partial charge in [-0.25, -0.2) is 4.39 Å². The molecule has 0 unspecified atom stereocenters. The van der Waals surface area contributed by atoms with E-state index in [1.165, 1.54) is 17.1 Å². The Morgan fingerprint density at radius 1 is 1.32 bits per heavy atom. The minimum atomic E-state index is -4.81. The standard InChI is InChI=1S/C11H9F4N3O/c12-10-2-1-9(19-11(13,14)15)3-7(10)5-18-6-8(16)4-17-18/h1-4,6H,5,16H2. The Morgan fingerprint density at radius 3 is 2.63 bits per heavy atom. The number of halogens is 4. The fourth-order valence-corrected chi connectivity index (χ4v) is 1.51. The molecule has 0 amide bonds. The van der Waals surface area contributed by atoms with Crippen molar-refractivity contribution in [3.63, 3.8) is 0 Å². The van der Waals surface area contributed by atoms with Crippen molar-refractivity contribution in [1.29, 1.82) is 0 Å². The third kappa shape index (κ3) is 3.60. The van der Waals surface area contributed by atoms with E-state index in [0.717, 1.165) is 18.2 Å². The summed E-state index contributed by atoms with van der Waals surface area (Å²) in [5, 5.41) is 3.82. The van der Waals surface area contributed by atoms with Gasteiger partial charge in [0.1, 0.15) is 11.6 Å². The second kappa shape index (κ2) is 4.79. The molecule has 2 rings (SSSR count). The number of benzene rings is 1. The van der Waals surface area contributed by atoms with Gasteiger partial charge in [0.2, 0.25) is 0 Å². The molecule has 0 spiro atoms. The minimum absolute atomic E-state index is 0.0184. The van der Waals surface area contributed by atoms with Gasteiger partial charge in [0, 0.05) is 11.8 Å². The Kier molecular flexibility index (Phi) is 3.32. The highest BCUT2D eigenvalue weighted by atomic mass is 19.4. The molecule has 102 valence electrons. The summed E-state index contributed by atoms with van der Waals surface area (Å²) in [6, 6.07) is 2.79. The molecule has 0 aliphatic heterocycles. The molecule has 1 aromatic heterocycles. The number of nitrogens with two attached hydrogens (primary N) is 1. The second-order valence-corrected chi connectivity index (χ2v) is 3.77. The molecule has 2 aromatic rings. The molecule has 0 saturated heterocycles. The van der Waals surface area contributed by atoms with E-state index in [9.17, 15) is 17.6 Å². The van der Waals surface area contributed by atoms with E-state index in [0.29, 0.717) is 5.69 Å². The highest BCUT2D eigenvalue weighted by Crippen LogP contribution is 2.25. The van der Waals surface area contributed by atoms with Crippen molar-refractivity contribution < 1.29 is 22.3 Å². The maximum Gasteiger partial charge on any atom is 0.573 e. The lowest BCUT2D eigenvalue weighted by Crippen LogP contribution is -2.17. The van der Waals surface area contributed by atoms with Crippen molar-refractivity contribution in [3.05, 3.63) is 42.0 Å². The van der Waals surface area contributed by atoms with Crippen LogP contribution in [0.1, 0.15) is 5.56 Å². The van der Waals surface area contributed by atoms with Crippen molar-refractivity contribution >= 4 is 5.69 Å². The highest BCUT2D eigenvalue weighted by Gasteiger charge is 2.31. The Morgan fingerprint density at radius 2 is 2.05 bits per heavy atom. The lowest BCUT2D eigenvalue weighted by Gasteiger charge is -2.10. The Bertz CT molecular complexity index is 580. The smallest absolute Gasteiger partial charge is 0.406 e. The van der Waals surface area contributed by atoms with E-state index in [4.69, 9.17) is 5.73 Å². The monoisotopic (exact) mass is 275 g/mol. The minimum Gasteiger partial charge on any atom is -0.406 e. The molecular formula is C11H9F4N3O. The summed E-state index contributed by atoms with van der Waals surface area (Å²) >= 11 is 0. The van der Waals surface area contributed by atoms with Gasteiger partial charge in [0.05, 0.1) is 18.4 Å². The van der Waals surface area contributed by atoms with E-state index in [2.05, 4.69) is 9.84 Å². The van der Waals surface area contributed by atoms with E-state index in [1.54, 1.807) is 0 Å². The SMILES string of the molecule is Nc1cnn(Cc2cc(OC(F)(F)F)ccc2F)c1. The number of nitrogens with zero attached hydrogens (tertiary/aromatic N) is 2. The topological polar surface area (TPSA) is 53.1 Å². The molecule has 8 heteroatoms. The third-order valence-corrected chi connectivity index (χ3v) is 2.24. The predicted octanol–water partition coefficient (Wildman–Crippen LogP) is 2.55. The normalized spacial score (nSPS) is 11.6. The Labute approximate surface area is 105 Å². The molecule has 4 nitrogen and oxygen atoms in total. The maximum atomic E-state index is 13.5. The van der Waals surface area contributed by atoms with Gasteiger partial charge in [-0.15, -0.1) is 13.2 Å². The van der Waals surface area contributed by atoms with Crippen LogP contribution in [0, 0.1) is 5.82 Å². The van der Waals surface area contributed by atoms with Crippen LogP contribution in [0.2, 0.25) is 0 Å². The van der Waals surface area contributed by atoms with Crippen LogP contribution in [-0.4, -0.2) is 16.1 Å². The van der Waals surface area contributed by atoms with Gasteiger partial charge in [-0.1, -0.05) is 0 Å². The number of ether oxygens (including phenoxy) is 1. The summed E-state index contributed by atoms with van der Waals surface area (Å²) in [6.45, 7) is -0.0436. The van der Waals surface area contributed by atoms with Gasteiger partial charge in [0.15, 0.2) is 0 Å². The van der Waals surface area contributed by atoms with Crippen molar-refractivity contribution in [3.8, 4) is 5.75 Å². The lowest BCUT2D eigenvalue weighted by molar-refractivity contribution is -0.274. The first-order chi connectivity index (χ1) is 8.83. The van der Waals surface area contributed by atoms with Crippen LogP contribution in [0.5, 0.6) is 5.75 Å². The van der Waals surface area contributed by atoms with Crippen LogP contribution < -0.4 is 10.5 Å². The fourth-order valence-electron chi connectivity index (χ4n) is 1.51. The maximum absolute atomic E-state index is 13.5. The van der Waals surface area contributed by atoms with Gasteiger partial charge < -0.3 is 10.5 Å². The summed E-state index contributed by atoms with van der Waals surface area (Å²) < 4.78 is 54.7. The summed E-state index contributed by atoms with van der Waals surface area (Å²) in [5.41, 5.74) is 5.83. The molecule has 0 aliphatic carbocycles. The summed E-state index contributed by atoms with van der Waals surface area (Å²) in [5.74, 6) is -1.13. The van der Waals surface area contributed by atoms with Crippen molar-refractivity contribution in [2.75, 3.05) is 5.73 Å². The van der Waals surface area contributed by atoms with Gasteiger partial charge in [-0.3, -0.25) is 4.68 Å². The van der Waals surface area contributed by atoms with Gasteiger partial charge in [-0.05, 0) is 18.2 Å². The number of aromatic nitrogens is 2. The number of anilines is 1. The largest absolute Gasteiger partial charge is 0.573 e. The second-order valence-electron chi connectivity index (χ2n) is 3.77. The number of hydrogen-bond acceptors (Lipinski definition) is 3. The van der Waals surface area contributed by atoms with Crippen LogP contribution in [0.3, 0.4) is 0 Å². The zero-order chi connectivity index (χ0) is 14.0. The molecule has 0 saturated carbocycles. The van der Waals surface area contributed by atoms with Crippen LogP contribution in [0.25, 0.3) is 0 Å². The number of alkyl halides is 3. The molecule has 0 aliphatic rings. The highest BCUT2D eigenvalue weighted by molar-refractivity contribution is 5.33. The molecule has 19 heavy (non-hydrogen) atoms. The van der Waals surface area contributed by atoms with E-state index < -0.39 is 17.9 Å². The number of nitrogen functional groups attached to an aromatic ring is 1. The van der Waals surface area contributed by atoms with Crippen LogP contribution in [0.15, 0.2) is 30.6 Å². The zero-order valence-corrected chi connectivity index (χ0v) is 9.49.